The Hall–Kier alpha value is -1.58. The van der Waals surface area contributed by atoms with E-state index < -0.39 is 8.07 Å². The van der Waals surface area contributed by atoms with Crippen LogP contribution in [0.3, 0.4) is 0 Å². The zero-order valence-electron chi connectivity index (χ0n) is 13.5. The van der Waals surface area contributed by atoms with Gasteiger partial charge in [-0.1, -0.05) is 73.7 Å². The number of rotatable bonds is 4. The van der Waals surface area contributed by atoms with Gasteiger partial charge in [0.2, 0.25) is 0 Å². The number of carbonyl (C=O) groups is 1. The van der Waals surface area contributed by atoms with Crippen molar-refractivity contribution >= 4 is 30.8 Å². The Labute approximate surface area is 138 Å². The van der Waals surface area contributed by atoms with Crippen LogP contribution in [0.1, 0.15) is 28.9 Å². The average molecular weight is 332 g/mol. The largest absolute Gasteiger partial charge is 0.345 e. The van der Waals surface area contributed by atoms with E-state index in [0.29, 0.717) is 10.6 Å². The van der Waals surface area contributed by atoms with Gasteiger partial charge in [0.05, 0.1) is 24.7 Å². The monoisotopic (exact) mass is 331 g/mol. The zero-order chi connectivity index (χ0) is 16.3. The SMILES string of the molecule is CC(NC(=O)c1c(Cl)cccc1[Si](C)(C)C)c1ccccc1. The summed E-state index contributed by atoms with van der Waals surface area (Å²) in [6, 6.07) is 15.6. The molecule has 1 atom stereocenters. The standard InChI is InChI=1S/C18H22ClNOSi/c1-13(14-9-6-5-7-10-14)20-18(21)17-15(19)11-8-12-16(17)22(2,3)4/h5-13H,1-4H3,(H,20,21). The van der Waals surface area contributed by atoms with Gasteiger partial charge in [-0.15, -0.1) is 0 Å². The van der Waals surface area contributed by atoms with E-state index in [1.807, 2.05) is 49.4 Å². The molecule has 0 heterocycles. The van der Waals surface area contributed by atoms with Crippen LogP contribution in [0.5, 0.6) is 0 Å². The van der Waals surface area contributed by atoms with E-state index in [-0.39, 0.29) is 11.9 Å². The van der Waals surface area contributed by atoms with E-state index in [4.69, 9.17) is 11.6 Å². The second-order valence-electron chi connectivity index (χ2n) is 6.52. The van der Waals surface area contributed by atoms with Crippen molar-refractivity contribution in [3.63, 3.8) is 0 Å². The van der Waals surface area contributed by atoms with Crippen molar-refractivity contribution in [2.75, 3.05) is 0 Å². The molecule has 0 saturated heterocycles. The molecule has 1 amide bonds. The lowest BCUT2D eigenvalue weighted by Crippen LogP contribution is -2.44. The summed E-state index contributed by atoms with van der Waals surface area (Å²) in [4.78, 5) is 12.7. The van der Waals surface area contributed by atoms with E-state index in [9.17, 15) is 4.79 Å². The number of amides is 1. The van der Waals surface area contributed by atoms with Crippen LogP contribution in [0.15, 0.2) is 48.5 Å². The maximum Gasteiger partial charge on any atom is 0.253 e. The molecule has 22 heavy (non-hydrogen) atoms. The fraction of sp³-hybridized carbons (Fsp3) is 0.278. The van der Waals surface area contributed by atoms with Crippen molar-refractivity contribution in [1.29, 1.82) is 0 Å². The van der Waals surface area contributed by atoms with Gasteiger partial charge in [-0.25, -0.2) is 0 Å². The first-order chi connectivity index (χ1) is 10.3. The van der Waals surface area contributed by atoms with Crippen molar-refractivity contribution in [3.8, 4) is 0 Å². The topological polar surface area (TPSA) is 29.1 Å². The Morgan fingerprint density at radius 2 is 1.68 bits per heavy atom. The Balaban J connectivity index is 2.31. The summed E-state index contributed by atoms with van der Waals surface area (Å²) in [5, 5.41) is 4.69. The first kappa shape index (κ1) is 16.8. The second-order valence-corrected chi connectivity index (χ2v) is 12.0. The molecule has 0 aliphatic rings. The Morgan fingerprint density at radius 1 is 1.05 bits per heavy atom. The molecular weight excluding hydrogens is 310 g/mol. The molecule has 1 unspecified atom stereocenters. The van der Waals surface area contributed by atoms with Gasteiger partial charge in [0.25, 0.3) is 5.91 Å². The molecule has 0 fully saturated rings. The minimum absolute atomic E-state index is 0.0561. The van der Waals surface area contributed by atoms with Crippen LogP contribution in [0.4, 0.5) is 0 Å². The van der Waals surface area contributed by atoms with E-state index in [1.165, 1.54) is 0 Å². The minimum Gasteiger partial charge on any atom is -0.345 e. The van der Waals surface area contributed by atoms with Crippen LogP contribution in [-0.4, -0.2) is 14.0 Å². The normalized spacial score (nSPS) is 12.8. The minimum atomic E-state index is -1.65. The third-order valence-corrected chi connectivity index (χ3v) is 6.04. The second kappa shape index (κ2) is 6.67. The molecular formula is C18H22ClNOSi. The lowest BCUT2D eigenvalue weighted by atomic mass is 10.1. The fourth-order valence-corrected chi connectivity index (χ4v) is 4.41. The van der Waals surface area contributed by atoms with Crippen molar-refractivity contribution in [2.24, 2.45) is 0 Å². The number of carbonyl (C=O) groups excluding carboxylic acids is 1. The smallest absolute Gasteiger partial charge is 0.253 e. The molecule has 2 nitrogen and oxygen atoms in total. The van der Waals surface area contributed by atoms with Gasteiger partial charge in [-0.3, -0.25) is 4.79 Å². The predicted molar refractivity (Wildman–Crippen MR) is 96.8 cm³/mol. The highest BCUT2D eigenvalue weighted by Gasteiger charge is 2.26. The first-order valence-corrected chi connectivity index (χ1v) is 11.3. The van der Waals surface area contributed by atoms with E-state index in [2.05, 4.69) is 25.0 Å². The molecule has 0 radical (unpaired) electrons. The molecule has 2 rings (SSSR count). The number of halogens is 1. The van der Waals surface area contributed by atoms with Crippen LogP contribution in [0.2, 0.25) is 24.7 Å². The van der Waals surface area contributed by atoms with Gasteiger partial charge in [0.15, 0.2) is 0 Å². The summed E-state index contributed by atoms with van der Waals surface area (Å²) >= 11 is 6.32. The molecule has 116 valence electrons. The van der Waals surface area contributed by atoms with Crippen LogP contribution in [-0.2, 0) is 0 Å². The Bertz CT molecular complexity index is 665. The molecule has 0 saturated carbocycles. The van der Waals surface area contributed by atoms with E-state index >= 15 is 0 Å². The molecule has 4 heteroatoms. The first-order valence-electron chi connectivity index (χ1n) is 7.45. The molecule has 0 aliphatic carbocycles. The number of hydrogen-bond acceptors (Lipinski definition) is 1. The lowest BCUT2D eigenvalue weighted by molar-refractivity contribution is 0.0941. The number of hydrogen-bond donors (Lipinski definition) is 1. The molecule has 0 aliphatic heterocycles. The van der Waals surface area contributed by atoms with Crippen LogP contribution in [0.25, 0.3) is 0 Å². The van der Waals surface area contributed by atoms with Crippen LogP contribution < -0.4 is 10.5 Å². The lowest BCUT2D eigenvalue weighted by Gasteiger charge is -2.23. The van der Waals surface area contributed by atoms with Gasteiger partial charge < -0.3 is 5.32 Å². The molecule has 0 bridgehead atoms. The molecule has 0 aromatic heterocycles. The van der Waals surface area contributed by atoms with Crippen molar-refractivity contribution in [1.82, 2.24) is 5.32 Å². The maximum atomic E-state index is 12.7. The van der Waals surface area contributed by atoms with E-state index in [1.54, 1.807) is 6.07 Å². The Kier molecular flexibility index (Phi) is 5.09. The van der Waals surface area contributed by atoms with Gasteiger partial charge in [-0.05, 0) is 23.7 Å². The third kappa shape index (κ3) is 3.79. The summed E-state index contributed by atoms with van der Waals surface area (Å²) < 4.78 is 0. The predicted octanol–water partition coefficient (Wildman–Crippen LogP) is 4.38. The quantitative estimate of drug-likeness (QED) is 0.828. The summed E-state index contributed by atoms with van der Waals surface area (Å²) in [6.45, 7) is 8.64. The van der Waals surface area contributed by atoms with Crippen molar-refractivity contribution < 1.29 is 4.79 Å². The third-order valence-electron chi connectivity index (χ3n) is 3.70. The number of nitrogens with one attached hydrogen (secondary N) is 1. The molecule has 1 N–H and O–H groups in total. The molecule has 2 aromatic carbocycles. The van der Waals surface area contributed by atoms with Crippen molar-refractivity contribution in [3.05, 3.63) is 64.7 Å². The molecule has 2 aromatic rings. The average Bonchev–Trinajstić information content (AvgIpc) is 2.46. The van der Waals surface area contributed by atoms with Gasteiger partial charge in [0, 0.05) is 0 Å². The summed E-state index contributed by atoms with van der Waals surface area (Å²) in [5.74, 6) is -0.0978. The summed E-state index contributed by atoms with van der Waals surface area (Å²) in [5.41, 5.74) is 1.71. The van der Waals surface area contributed by atoms with E-state index in [0.717, 1.165) is 10.8 Å². The highest BCUT2D eigenvalue weighted by Crippen LogP contribution is 2.19. The Morgan fingerprint density at radius 3 is 2.27 bits per heavy atom. The fourth-order valence-electron chi connectivity index (χ4n) is 2.47. The maximum absolute atomic E-state index is 12.7. The highest BCUT2D eigenvalue weighted by atomic mass is 35.5. The van der Waals surface area contributed by atoms with Crippen LogP contribution >= 0.6 is 11.6 Å². The van der Waals surface area contributed by atoms with Gasteiger partial charge in [-0.2, -0.15) is 0 Å². The van der Waals surface area contributed by atoms with Gasteiger partial charge in [0.1, 0.15) is 0 Å². The summed E-state index contributed by atoms with van der Waals surface area (Å²) in [6.07, 6.45) is 0. The molecule has 0 spiro atoms. The highest BCUT2D eigenvalue weighted by molar-refractivity contribution is 6.89. The summed E-state index contributed by atoms with van der Waals surface area (Å²) in [7, 11) is -1.65. The van der Waals surface area contributed by atoms with Gasteiger partial charge >= 0.3 is 0 Å². The van der Waals surface area contributed by atoms with Crippen LogP contribution in [0, 0.1) is 0 Å². The van der Waals surface area contributed by atoms with Crippen molar-refractivity contribution in [2.45, 2.75) is 32.6 Å². The zero-order valence-corrected chi connectivity index (χ0v) is 15.2. The number of benzene rings is 2.